The summed E-state index contributed by atoms with van der Waals surface area (Å²) < 4.78 is 21.5. The van der Waals surface area contributed by atoms with Crippen molar-refractivity contribution >= 4 is 120 Å². The molecule has 0 unspecified atom stereocenters. The fourth-order valence-electron chi connectivity index (χ4n) is 6.30. The minimum Gasteiger partial charge on any atom is -0.418 e. The van der Waals surface area contributed by atoms with E-state index in [1.807, 2.05) is 63.2 Å². The maximum atomic E-state index is 13.3. The Morgan fingerprint density at radius 3 is 1.59 bits per heavy atom. The van der Waals surface area contributed by atoms with Crippen LogP contribution >= 0.6 is 68.4 Å². The second-order valence-corrected chi connectivity index (χ2v) is 32.4. The Balaban J connectivity index is 0.000000301. The van der Waals surface area contributed by atoms with Gasteiger partial charge < -0.3 is 23.9 Å². The number of anilines is 2. The number of hydrogen-bond donors (Lipinski definition) is 4. The van der Waals surface area contributed by atoms with Gasteiger partial charge in [-0.25, -0.2) is 9.69 Å². The van der Waals surface area contributed by atoms with E-state index >= 15 is 0 Å². The highest BCUT2D eigenvalue weighted by Crippen LogP contribution is 2.42. The maximum absolute atomic E-state index is 13.3. The van der Waals surface area contributed by atoms with Crippen molar-refractivity contribution in [2.75, 3.05) is 10.6 Å². The quantitative estimate of drug-likeness (QED) is 0.0369. The lowest BCUT2D eigenvalue weighted by Gasteiger charge is -2.40. The van der Waals surface area contributed by atoms with Crippen molar-refractivity contribution in [1.82, 2.24) is 21.0 Å². The first-order valence-corrected chi connectivity index (χ1v) is 30.9. The molecule has 0 aliphatic rings. The summed E-state index contributed by atoms with van der Waals surface area (Å²) in [4.78, 5) is 32.7. The van der Waals surface area contributed by atoms with Crippen LogP contribution in [0.1, 0.15) is 88.8 Å². The molecule has 1 aromatic heterocycles. The summed E-state index contributed by atoms with van der Waals surface area (Å²) in [6, 6.07) is 20.6. The number of carbonyl (C=O) groups is 2. The van der Waals surface area contributed by atoms with Crippen LogP contribution in [-0.4, -0.2) is 56.9 Å². The first kappa shape index (κ1) is 57.5. The summed E-state index contributed by atoms with van der Waals surface area (Å²) in [5.74, 6) is 0.00678. The minimum atomic E-state index is -2.21. The fraction of sp³-hybridized carbons (Fsp3) is 0.400. The number of amides is 2. The van der Waals surface area contributed by atoms with Crippen molar-refractivity contribution in [2.24, 2.45) is 0 Å². The Kier molecular flexibility index (Phi) is 19.9. The first-order valence-electron chi connectivity index (χ1n) is 22.2. The molecule has 4 atom stereocenters. The number of hydrazine groups is 1. The average molecular weight is 1240 g/mol. The lowest BCUT2D eigenvalue weighted by Crippen LogP contribution is -2.55. The van der Waals surface area contributed by atoms with Crippen LogP contribution in [0.4, 0.5) is 22.7 Å². The molecule has 0 spiro atoms. The summed E-state index contributed by atoms with van der Waals surface area (Å²) in [5, 5.41) is 16.2. The van der Waals surface area contributed by atoms with Gasteiger partial charge in [0.2, 0.25) is 23.2 Å². The van der Waals surface area contributed by atoms with Crippen molar-refractivity contribution < 1.29 is 22.9 Å². The molecule has 368 valence electrons. The van der Waals surface area contributed by atoms with Crippen molar-refractivity contribution in [1.29, 1.82) is 0 Å². The van der Waals surface area contributed by atoms with E-state index in [1.54, 1.807) is 37.3 Å². The number of aromatic nitrogens is 2. The molecule has 1 heterocycles. The highest BCUT2D eigenvalue weighted by Gasteiger charge is 2.42. The number of benzene rings is 4. The molecule has 0 aliphatic heterocycles. The summed E-state index contributed by atoms with van der Waals surface area (Å²) in [7, 11) is -4.29. The van der Waals surface area contributed by atoms with Crippen molar-refractivity contribution in [2.45, 2.75) is 130 Å². The van der Waals surface area contributed by atoms with Gasteiger partial charge in [-0.1, -0.05) is 76.9 Å². The van der Waals surface area contributed by atoms with E-state index in [2.05, 4.69) is 154 Å². The second-order valence-electron chi connectivity index (χ2n) is 19.7. The van der Waals surface area contributed by atoms with Crippen LogP contribution < -0.4 is 21.5 Å². The van der Waals surface area contributed by atoms with E-state index in [1.165, 1.54) is 0 Å². The normalized spacial score (nSPS) is 13.6. The van der Waals surface area contributed by atoms with E-state index < -0.39 is 46.6 Å². The number of carbonyl (C=O) groups excluding carboxylic acids is 2. The van der Waals surface area contributed by atoms with Crippen LogP contribution in [0.2, 0.25) is 46.3 Å². The van der Waals surface area contributed by atoms with Gasteiger partial charge in [-0.3, -0.25) is 20.4 Å². The molecule has 4 aromatic carbocycles. The zero-order valence-electron chi connectivity index (χ0n) is 41.6. The molecule has 0 saturated carbocycles. The molecule has 2 amide bonds. The maximum Gasteiger partial charge on any atom is 0.269 e. The number of hydrogen-bond acceptors (Lipinski definition) is 9. The molecule has 0 bridgehead atoms. The van der Waals surface area contributed by atoms with Crippen LogP contribution in [-0.2, 0) is 13.6 Å². The topological polar surface area (TPSA) is 148 Å². The Morgan fingerprint density at radius 1 is 0.681 bits per heavy atom. The molecule has 13 nitrogen and oxygen atoms in total. The molecule has 0 fully saturated rings. The summed E-state index contributed by atoms with van der Waals surface area (Å²) in [5.41, 5.74) is 9.91. The molecule has 4 N–H and O–H groups in total. The van der Waals surface area contributed by atoms with Gasteiger partial charge in [0, 0.05) is 29.6 Å². The third kappa shape index (κ3) is 15.0. The van der Waals surface area contributed by atoms with E-state index in [4.69, 9.17) is 49.6 Å². The third-order valence-corrected chi connectivity index (χ3v) is 24.1. The van der Waals surface area contributed by atoms with Gasteiger partial charge in [0.15, 0.2) is 16.6 Å². The number of nitrogens with one attached hydrogen (secondary N) is 4. The Hall–Kier alpha value is -4.07. The number of nitrogens with zero attached hydrogens (tertiary/aromatic N) is 4. The zero-order valence-corrected chi connectivity index (χ0v) is 49.4. The predicted molar refractivity (Wildman–Crippen MR) is 301 cm³/mol. The van der Waals surface area contributed by atoms with E-state index in [-0.39, 0.29) is 16.2 Å². The highest BCUT2D eigenvalue weighted by molar-refractivity contribution is 14.1. The van der Waals surface area contributed by atoms with Gasteiger partial charge >= 0.3 is 0 Å². The monoisotopic (exact) mass is 1230 g/mol. The van der Waals surface area contributed by atoms with Crippen LogP contribution in [0.25, 0.3) is 21.1 Å². The largest absolute Gasteiger partial charge is 0.418 e. The number of halogens is 4. The molecule has 0 radical (unpaired) electrons. The molecule has 0 aliphatic carbocycles. The lowest BCUT2D eigenvalue weighted by molar-refractivity contribution is -0.124. The van der Waals surface area contributed by atoms with Crippen LogP contribution in [0.3, 0.4) is 0 Å². The smallest absolute Gasteiger partial charge is 0.269 e. The van der Waals surface area contributed by atoms with Crippen LogP contribution in [0, 0.1) is 34.1 Å². The van der Waals surface area contributed by atoms with Gasteiger partial charge in [0.1, 0.15) is 12.1 Å². The van der Waals surface area contributed by atoms with Crippen molar-refractivity contribution in [3.63, 3.8) is 0 Å². The standard InChI is InChI=1S/C25H32ClIN4O3Si.C25H30ClIN4O2Si/c1-15-19(13-14-20(28-6)21(15)26)29-22(16(2)34-35(7,8)25(3,4)5)24(33)31-30-23(32)17-9-11-18(27)12-10-17;1-15-19(13-14-20(28-6)21(15)26)29-22(16(2)33-34(7,8)25(3,4)5)24-31-30-23(32-24)17-9-11-18(27)12-10-17/h9-14,16,22,29H,1-5,7-8H3,(H,30,32)(H,31,33);9-14,16,22,29H,1-5,7-8H3/t2*16-,22+/m00/s1. The van der Waals surface area contributed by atoms with Gasteiger partial charge in [0.25, 0.3) is 11.8 Å². The van der Waals surface area contributed by atoms with E-state index in [0.717, 1.165) is 24.0 Å². The van der Waals surface area contributed by atoms with E-state index in [0.29, 0.717) is 50.0 Å². The SMILES string of the molecule is [C-]#[N+]c1ccc(N[C@@H](C(=O)NNC(=O)c2ccc(I)cc2)[C@H](C)O[Si](C)(C)C(C)(C)C)c(C)c1Cl.[C-]#[N+]c1ccc(N[C@@H](c2nnc(-c3ccc(I)cc3)o2)[C@H](C)O[Si](C)(C)C(C)(C)C)c(C)c1Cl. The third-order valence-electron chi connectivity index (χ3n) is 12.6. The van der Waals surface area contributed by atoms with Gasteiger partial charge in [-0.2, -0.15) is 0 Å². The molecular weight excluding hydrogens is 1170 g/mol. The molecule has 5 aromatic rings. The summed E-state index contributed by atoms with van der Waals surface area (Å²) in [6.07, 6.45) is -0.783. The van der Waals surface area contributed by atoms with Gasteiger partial charge in [-0.05, 0) is 181 Å². The Morgan fingerprint density at radius 2 is 1.13 bits per heavy atom. The minimum absolute atomic E-state index is 0.0451. The Labute approximate surface area is 447 Å². The van der Waals surface area contributed by atoms with Gasteiger partial charge in [-0.15, -0.1) is 10.2 Å². The molecule has 5 rings (SSSR count). The van der Waals surface area contributed by atoms with Crippen LogP contribution in [0.15, 0.2) is 77.2 Å². The van der Waals surface area contributed by atoms with Crippen molar-refractivity contribution in [3.05, 3.63) is 135 Å². The Bertz CT molecular complexity index is 2690. The number of rotatable bonds is 14. The van der Waals surface area contributed by atoms with Crippen LogP contribution in [0.5, 0.6) is 0 Å². The zero-order chi connectivity index (χ0) is 51.8. The molecular formula is C50H62Cl2I2N8O5Si2. The molecule has 19 heteroatoms. The first-order chi connectivity index (χ1) is 32.0. The average Bonchev–Trinajstić information content (AvgIpc) is 3.76. The predicted octanol–water partition coefficient (Wildman–Crippen LogP) is 14.9. The molecule has 0 saturated heterocycles. The second kappa shape index (κ2) is 23.9. The van der Waals surface area contributed by atoms with E-state index in [9.17, 15) is 9.59 Å². The summed E-state index contributed by atoms with van der Waals surface area (Å²) >= 11 is 17.2. The summed E-state index contributed by atoms with van der Waals surface area (Å²) in [6.45, 7) is 43.8. The molecule has 69 heavy (non-hydrogen) atoms. The van der Waals surface area contributed by atoms with Crippen molar-refractivity contribution in [3.8, 4) is 11.5 Å². The highest BCUT2D eigenvalue weighted by atomic mass is 127. The fourth-order valence-corrected chi connectivity index (χ4v) is 10.3. The lowest BCUT2D eigenvalue weighted by atomic mass is 10.1. The van der Waals surface area contributed by atoms with Gasteiger partial charge in [0.05, 0.1) is 35.4 Å².